The Balaban J connectivity index is 2.93. The Hall–Kier alpha value is -1.06. The van der Waals surface area contributed by atoms with Crippen LogP contribution in [-0.4, -0.2) is 12.2 Å². The van der Waals surface area contributed by atoms with E-state index in [1.807, 2.05) is 0 Å². The number of hydrogen-bond acceptors (Lipinski definition) is 3. The van der Waals surface area contributed by atoms with E-state index in [2.05, 4.69) is 0 Å². The summed E-state index contributed by atoms with van der Waals surface area (Å²) in [7, 11) is 1.43. The number of aliphatic hydroxyl groups excluding tert-OH is 1. The fraction of sp³-hybridized carbons (Fsp3) is 0.250. The minimum absolute atomic E-state index is 0.543. The fourth-order valence-electron chi connectivity index (χ4n) is 0.863. The first-order valence-corrected chi connectivity index (χ1v) is 3.31. The molecule has 1 atom stereocenters. The summed E-state index contributed by atoms with van der Waals surface area (Å²) in [5, 5.41) is 9.21. The molecule has 1 aromatic rings. The van der Waals surface area contributed by atoms with Crippen LogP contribution in [0.4, 0.5) is 5.69 Å². The molecule has 0 fully saturated rings. The van der Waals surface area contributed by atoms with Crippen molar-refractivity contribution in [1.82, 2.24) is 0 Å². The van der Waals surface area contributed by atoms with Crippen molar-refractivity contribution in [1.29, 1.82) is 0 Å². The number of aliphatic hydroxyl groups is 1. The van der Waals surface area contributed by atoms with Crippen molar-refractivity contribution in [3.8, 4) is 0 Å². The number of rotatable bonds is 2. The highest BCUT2D eigenvalue weighted by atomic mass is 16.6. The van der Waals surface area contributed by atoms with Crippen molar-refractivity contribution in [3.05, 3.63) is 29.8 Å². The van der Waals surface area contributed by atoms with E-state index in [1.165, 1.54) is 7.11 Å². The van der Waals surface area contributed by atoms with E-state index in [1.54, 1.807) is 24.3 Å². The summed E-state index contributed by atoms with van der Waals surface area (Å²) >= 11 is 0. The molecule has 0 bridgehead atoms. The minimum atomic E-state index is -0.920. The number of methoxy groups -OCH3 is 1. The third-order valence-electron chi connectivity index (χ3n) is 1.49. The molecule has 0 aliphatic heterocycles. The molecule has 0 radical (unpaired) electrons. The lowest BCUT2D eigenvalue weighted by Gasteiger charge is -2.10. The van der Waals surface area contributed by atoms with Gasteiger partial charge in [-0.2, -0.15) is 0 Å². The summed E-state index contributed by atoms with van der Waals surface area (Å²) in [5.41, 5.74) is 6.71. The first-order chi connectivity index (χ1) is 5.25. The van der Waals surface area contributed by atoms with Gasteiger partial charge >= 0.3 is 0 Å². The molecule has 0 saturated carbocycles. The standard InChI is InChI=1S/C8H11NO2/c1-11-8(10)6-4-2-3-5-7(6)9/h2-5,8,10H,9H2,1H3. The Labute approximate surface area is 65.4 Å². The maximum atomic E-state index is 9.21. The summed E-state index contributed by atoms with van der Waals surface area (Å²) in [6.07, 6.45) is -0.920. The lowest BCUT2D eigenvalue weighted by Crippen LogP contribution is -2.03. The predicted octanol–water partition coefficient (Wildman–Crippen LogP) is 0.906. The third kappa shape index (κ3) is 1.69. The van der Waals surface area contributed by atoms with Gasteiger partial charge in [-0.05, 0) is 6.07 Å². The van der Waals surface area contributed by atoms with E-state index in [-0.39, 0.29) is 0 Å². The molecule has 1 unspecified atom stereocenters. The van der Waals surface area contributed by atoms with E-state index >= 15 is 0 Å². The molecule has 0 aromatic heterocycles. The third-order valence-corrected chi connectivity index (χ3v) is 1.49. The number of anilines is 1. The molecule has 0 aliphatic carbocycles. The van der Waals surface area contributed by atoms with Gasteiger partial charge in [-0.15, -0.1) is 0 Å². The topological polar surface area (TPSA) is 55.5 Å². The first kappa shape index (κ1) is 8.04. The lowest BCUT2D eigenvalue weighted by molar-refractivity contribution is -0.0763. The molecule has 0 amide bonds. The van der Waals surface area contributed by atoms with Crippen LogP contribution in [0.15, 0.2) is 24.3 Å². The van der Waals surface area contributed by atoms with E-state index in [0.29, 0.717) is 11.3 Å². The highest BCUT2D eigenvalue weighted by Crippen LogP contribution is 2.19. The van der Waals surface area contributed by atoms with Crippen molar-refractivity contribution in [2.75, 3.05) is 12.8 Å². The number of para-hydroxylation sites is 1. The van der Waals surface area contributed by atoms with Gasteiger partial charge in [0.2, 0.25) is 0 Å². The van der Waals surface area contributed by atoms with Crippen molar-refractivity contribution >= 4 is 5.69 Å². The highest BCUT2D eigenvalue weighted by Gasteiger charge is 2.07. The molecular formula is C8H11NO2. The van der Waals surface area contributed by atoms with Crippen molar-refractivity contribution in [2.24, 2.45) is 0 Å². The van der Waals surface area contributed by atoms with Gasteiger partial charge in [-0.1, -0.05) is 18.2 Å². The average molecular weight is 153 g/mol. The fourth-order valence-corrected chi connectivity index (χ4v) is 0.863. The zero-order valence-electron chi connectivity index (χ0n) is 6.32. The van der Waals surface area contributed by atoms with Crippen LogP contribution in [-0.2, 0) is 4.74 Å². The average Bonchev–Trinajstić information content (AvgIpc) is 2.04. The second-order valence-electron chi connectivity index (χ2n) is 2.22. The van der Waals surface area contributed by atoms with Gasteiger partial charge in [0.05, 0.1) is 0 Å². The molecule has 0 saturated heterocycles. The zero-order valence-corrected chi connectivity index (χ0v) is 6.32. The molecule has 1 rings (SSSR count). The first-order valence-electron chi connectivity index (χ1n) is 3.31. The number of ether oxygens (including phenoxy) is 1. The normalized spacial score (nSPS) is 12.9. The number of nitrogen functional groups attached to an aromatic ring is 1. The van der Waals surface area contributed by atoms with Crippen LogP contribution < -0.4 is 5.73 Å². The van der Waals surface area contributed by atoms with Crippen LogP contribution in [0.5, 0.6) is 0 Å². The minimum Gasteiger partial charge on any atom is -0.398 e. The number of hydrogen-bond donors (Lipinski definition) is 2. The maximum Gasteiger partial charge on any atom is 0.182 e. The van der Waals surface area contributed by atoms with Crippen molar-refractivity contribution < 1.29 is 9.84 Å². The van der Waals surface area contributed by atoms with Crippen molar-refractivity contribution in [2.45, 2.75) is 6.29 Å². The largest absolute Gasteiger partial charge is 0.398 e. The van der Waals surface area contributed by atoms with E-state index in [9.17, 15) is 5.11 Å². The molecule has 60 valence electrons. The predicted molar refractivity (Wildman–Crippen MR) is 42.8 cm³/mol. The number of benzene rings is 1. The second-order valence-corrected chi connectivity index (χ2v) is 2.22. The van der Waals surface area contributed by atoms with Crippen LogP contribution in [0.2, 0.25) is 0 Å². The Morgan fingerprint density at radius 2 is 2.09 bits per heavy atom. The molecule has 0 spiro atoms. The molecule has 0 aliphatic rings. The van der Waals surface area contributed by atoms with Gasteiger partial charge in [0.1, 0.15) is 0 Å². The molecule has 11 heavy (non-hydrogen) atoms. The molecule has 3 nitrogen and oxygen atoms in total. The quantitative estimate of drug-likeness (QED) is 0.490. The smallest absolute Gasteiger partial charge is 0.182 e. The molecule has 1 aromatic carbocycles. The van der Waals surface area contributed by atoms with Crippen LogP contribution in [0.1, 0.15) is 11.9 Å². The Kier molecular flexibility index (Phi) is 2.46. The van der Waals surface area contributed by atoms with E-state index in [4.69, 9.17) is 10.5 Å². The molecule has 0 heterocycles. The van der Waals surface area contributed by atoms with Crippen LogP contribution in [0.3, 0.4) is 0 Å². The van der Waals surface area contributed by atoms with Gasteiger partial charge in [0.15, 0.2) is 6.29 Å². The molecule has 3 heteroatoms. The molecule has 3 N–H and O–H groups in total. The highest BCUT2D eigenvalue weighted by molar-refractivity contribution is 5.46. The summed E-state index contributed by atoms with van der Waals surface area (Å²) in [4.78, 5) is 0. The van der Waals surface area contributed by atoms with Gasteiger partial charge < -0.3 is 15.6 Å². The van der Waals surface area contributed by atoms with Crippen molar-refractivity contribution in [3.63, 3.8) is 0 Å². The van der Waals surface area contributed by atoms with Crippen LogP contribution in [0.25, 0.3) is 0 Å². The summed E-state index contributed by atoms with van der Waals surface area (Å²) in [6.45, 7) is 0. The zero-order chi connectivity index (χ0) is 8.27. The summed E-state index contributed by atoms with van der Waals surface area (Å²) in [6, 6.07) is 7.05. The van der Waals surface area contributed by atoms with Gasteiger partial charge in [0, 0.05) is 18.4 Å². The molecular weight excluding hydrogens is 142 g/mol. The Bertz CT molecular complexity index is 237. The second kappa shape index (κ2) is 3.37. The van der Waals surface area contributed by atoms with E-state index < -0.39 is 6.29 Å². The van der Waals surface area contributed by atoms with Gasteiger partial charge in [-0.3, -0.25) is 0 Å². The SMILES string of the molecule is COC(O)c1ccccc1N. The van der Waals surface area contributed by atoms with E-state index in [0.717, 1.165) is 0 Å². The maximum absolute atomic E-state index is 9.21. The van der Waals surface area contributed by atoms with Crippen LogP contribution >= 0.6 is 0 Å². The lowest BCUT2D eigenvalue weighted by atomic mass is 10.2. The Morgan fingerprint density at radius 3 is 2.64 bits per heavy atom. The van der Waals surface area contributed by atoms with Crippen LogP contribution in [0, 0.1) is 0 Å². The monoisotopic (exact) mass is 153 g/mol. The summed E-state index contributed by atoms with van der Waals surface area (Å²) < 4.78 is 4.69. The number of nitrogens with two attached hydrogens (primary N) is 1. The Morgan fingerprint density at radius 1 is 1.45 bits per heavy atom. The van der Waals surface area contributed by atoms with Gasteiger partial charge in [-0.25, -0.2) is 0 Å². The summed E-state index contributed by atoms with van der Waals surface area (Å²) in [5.74, 6) is 0. The van der Waals surface area contributed by atoms with Gasteiger partial charge in [0.25, 0.3) is 0 Å².